The van der Waals surface area contributed by atoms with Crippen molar-refractivity contribution < 1.29 is 4.39 Å². The topological polar surface area (TPSA) is 12.0 Å². The molecule has 0 saturated carbocycles. The van der Waals surface area contributed by atoms with E-state index >= 15 is 0 Å². The number of halogens is 2. The molecule has 0 spiro atoms. The van der Waals surface area contributed by atoms with Gasteiger partial charge < -0.3 is 5.32 Å². The van der Waals surface area contributed by atoms with Gasteiger partial charge in [0, 0.05) is 5.02 Å². The summed E-state index contributed by atoms with van der Waals surface area (Å²) < 4.78 is 13.4. The van der Waals surface area contributed by atoms with E-state index in [0.717, 1.165) is 29.1 Å². The minimum atomic E-state index is -0.168. The van der Waals surface area contributed by atoms with Crippen molar-refractivity contribution in [1.82, 2.24) is 5.32 Å². The van der Waals surface area contributed by atoms with E-state index < -0.39 is 0 Å². The molecule has 20 heavy (non-hydrogen) atoms. The first-order chi connectivity index (χ1) is 9.61. The Hall–Kier alpha value is -1.38. The first kappa shape index (κ1) is 15.0. The lowest BCUT2D eigenvalue weighted by Crippen LogP contribution is -2.23. The van der Waals surface area contributed by atoms with E-state index in [2.05, 4.69) is 12.2 Å². The van der Waals surface area contributed by atoms with Crippen LogP contribution in [0.15, 0.2) is 42.5 Å². The van der Waals surface area contributed by atoms with Crippen LogP contribution in [0.3, 0.4) is 0 Å². The molecule has 3 heteroatoms. The lowest BCUT2D eigenvalue weighted by atomic mass is 9.97. The summed E-state index contributed by atoms with van der Waals surface area (Å²) in [6, 6.07) is 13.1. The zero-order chi connectivity index (χ0) is 14.5. The minimum Gasteiger partial charge on any atom is -0.306 e. The molecule has 0 aromatic heterocycles. The van der Waals surface area contributed by atoms with Gasteiger partial charge in [0.05, 0.1) is 6.04 Å². The maximum Gasteiger partial charge on any atom is 0.126 e. The van der Waals surface area contributed by atoms with Crippen LogP contribution in [0.25, 0.3) is 0 Å². The van der Waals surface area contributed by atoms with Crippen LogP contribution < -0.4 is 5.32 Å². The number of benzene rings is 2. The molecule has 0 bridgehead atoms. The predicted octanol–water partition coefficient (Wildman–Crippen LogP) is 4.88. The van der Waals surface area contributed by atoms with Crippen LogP contribution >= 0.6 is 11.6 Å². The Balaban J connectivity index is 2.35. The highest BCUT2D eigenvalue weighted by molar-refractivity contribution is 6.30. The van der Waals surface area contributed by atoms with Gasteiger partial charge >= 0.3 is 0 Å². The third kappa shape index (κ3) is 3.59. The van der Waals surface area contributed by atoms with E-state index in [0.29, 0.717) is 5.56 Å². The fraction of sp³-hybridized carbons (Fsp3) is 0.294. The first-order valence-corrected chi connectivity index (χ1v) is 7.24. The maximum absolute atomic E-state index is 13.4. The summed E-state index contributed by atoms with van der Waals surface area (Å²) in [5, 5.41) is 4.22. The highest BCUT2D eigenvalue weighted by atomic mass is 35.5. The van der Waals surface area contributed by atoms with Crippen molar-refractivity contribution in [2.75, 3.05) is 6.54 Å². The van der Waals surface area contributed by atoms with Gasteiger partial charge in [-0.05, 0) is 54.8 Å². The zero-order valence-electron chi connectivity index (χ0n) is 11.8. The summed E-state index contributed by atoms with van der Waals surface area (Å²) in [5.41, 5.74) is 2.87. The summed E-state index contributed by atoms with van der Waals surface area (Å²) >= 11 is 5.94. The molecule has 0 saturated heterocycles. The highest BCUT2D eigenvalue weighted by Gasteiger charge is 2.14. The van der Waals surface area contributed by atoms with Gasteiger partial charge in [-0.25, -0.2) is 4.39 Å². The lowest BCUT2D eigenvalue weighted by molar-refractivity contribution is 0.590. The molecule has 1 unspecified atom stereocenters. The average Bonchev–Trinajstić information content (AvgIpc) is 2.45. The van der Waals surface area contributed by atoms with Crippen LogP contribution in [0.4, 0.5) is 4.39 Å². The zero-order valence-corrected chi connectivity index (χ0v) is 12.5. The number of aryl methyl sites for hydroxylation is 1. The fourth-order valence-electron chi connectivity index (χ4n) is 2.22. The van der Waals surface area contributed by atoms with Gasteiger partial charge in [-0.3, -0.25) is 0 Å². The fourth-order valence-corrected chi connectivity index (χ4v) is 2.35. The van der Waals surface area contributed by atoms with Gasteiger partial charge in [-0.1, -0.05) is 42.8 Å². The van der Waals surface area contributed by atoms with Crippen LogP contribution in [0.1, 0.15) is 36.1 Å². The van der Waals surface area contributed by atoms with Gasteiger partial charge in [0.2, 0.25) is 0 Å². The molecule has 1 nitrogen and oxygen atoms in total. The average molecular weight is 292 g/mol. The second-order valence-electron chi connectivity index (χ2n) is 4.95. The Kier molecular flexibility index (Phi) is 5.16. The van der Waals surface area contributed by atoms with E-state index in [1.165, 1.54) is 6.07 Å². The molecule has 0 radical (unpaired) electrons. The van der Waals surface area contributed by atoms with Gasteiger partial charge in [-0.2, -0.15) is 0 Å². The molecule has 2 aromatic rings. The predicted molar refractivity (Wildman–Crippen MR) is 82.7 cm³/mol. The van der Waals surface area contributed by atoms with Gasteiger partial charge in [0.1, 0.15) is 5.82 Å². The molecular weight excluding hydrogens is 273 g/mol. The Morgan fingerprint density at radius 1 is 1.10 bits per heavy atom. The standard InChI is InChI=1S/C17H19ClFN/c1-3-10-20-17(13-4-7-15(18)8-5-13)14-6-9-16(19)12(2)11-14/h4-9,11,17,20H,3,10H2,1-2H3. The van der Waals surface area contributed by atoms with Gasteiger partial charge in [-0.15, -0.1) is 0 Å². The van der Waals surface area contributed by atoms with Crippen molar-refractivity contribution in [3.05, 3.63) is 70.0 Å². The molecule has 0 heterocycles. The van der Waals surface area contributed by atoms with Crippen molar-refractivity contribution in [2.45, 2.75) is 26.3 Å². The molecule has 0 fully saturated rings. The molecule has 106 valence electrons. The summed E-state index contributed by atoms with van der Waals surface area (Å²) in [5.74, 6) is -0.168. The van der Waals surface area contributed by atoms with E-state index in [1.54, 1.807) is 6.92 Å². The third-order valence-electron chi connectivity index (χ3n) is 3.32. The van der Waals surface area contributed by atoms with E-state index in [1.807, 2.05) is 36.4 Å². The molecule has 1 atom stereocenters. The molecule has 0 amide bonds. The van der Waals surface area contributed by atoms with E-state index in [-0.39, 0.29) is 11.9 Å². The smallest absolute Gasteiger partial charge is 0.126 e. The highest BCUT2D eigenvalue weighted by Crippen LogP contribution is 2.25. The SMILES string of the molecule is CCCNC(c1ccc(Cl)cc1)c1ccc(F)c(C)c1. The Morgan fingerprint density at radius 3 is 2.35 bits per heavy atom. The second-order valence-corrected chi connectivity index (χ2v) is 5.38. The molecule has 1 N–H and O–H groups in total. The maximum atomic E-state index is 13.4. The van der Waals surface area contributed by atoms with Crippen molar-refractivity contribution in [3.8, 4) is 0 Å². The summed E-state index contributed by atoms with van der Waals surface area (Å²) in [6.45, 7) is 4.82. The largest absolute Gasteiger partial charge is 0.306 e. The molecular formula is C17H19ClFN. The lowest BCUT2D eigenvalue weighted by Gasteiger charge is -2.20. The minimum absolute atomic E-state index is 0.0616. The normalized spacial score (nSPS) is 12.4. The van der Waals surface area contributed by atoms with Crippen molar-refractivity contribution in [2.24, 2.45) is 0 Å². The van der Waals surface area contributed by atoms with Crippen LogP contribution in [0.5, 0.6) is 0 Å². The number of hydrogen-bond acceptors (Lipinski definition) is 1. The van der Waals surface area contributed by atoms with Gasteiger partial charge in [0.15, 0.2) is 0 Å². The Morgan fingerprint density at radius 2 is 1.75 bits per heavy atom. The van der Waals surface area contributed by atoms with E-state index in [9.17, 15) is 4.39 Å². The summed E-state index contributed by atoms with van der Waals surface area (Å²) in [7, 11) is 0. The Bertz CT molecular complexity index is 566. The van der Waals surface area contributed by atoms with Crippen LogP contribution in [-0.4, -0.2) is 6.54 Å². The molecule has 2 aromatic carbocycles. The van der Waals surface area contributed by atoms with Crippen LogP contribution in [-0.2, 0) is 0 Å². The van der Waals surface area contributed by atoms with E-state index in [4.69, 9.17) is 11.6 Å². The molecule has 0 aliphatic carbocycles. The molecule has 0 aliphatic heterocycles. The third-order valence-corrected chi connectivity index (χ3v) is 3.57. The van der Waals surface area contributed by atoms with Crippen molar-refractivity contribution in [3.63, 3.8) is 0 Å². The summed E-state index contributed by atoms with van der Waals surface area (Å²) in [4.78, 5) is 0. The first-order valence-electron chi connectivity index (χ1n) is 6.86. The monoisotopic (exact) mass is 291 g/mol. The van der Waals surface area contributed by atoms with Crippen molar-refractivity contribution >= 4 is 11.6 Å². The van der Waals surface area contributed by atoms with Gasteiger partial charge in [0.25, 0.3) is 0 Å². The van der Waals surface area contributed by atoms with Crippen LogP contribution in [0.2, 0.25) is 5.02 Å². The van der Waals surface area contributed by atoms with Crippen LogP contribution in [0, 0.1) is 12.7 Å². The number of nitrogens with one attached hydrogen (secondary N) is 1. The number of rotatable bonds is 5. The quantitative estimate of drug-likeness (QED) is 0.828. The molecule has 2 rings (SSSR count). The second kappa shape index (κ2) is 6.87. The summed E-state index contributed by atoms with van der Waals surface area (Å²) in [6.07, 6.45) is 1.05. The van der Waals surface area contributed by atoms with Crippen molar-refractivity contribution in [1.29, 1.82) is 0 Å². The number of hydrogen-bond donors (Lipinski definition) is 1. The Labute approximate surface area is 124 Å². The molecule has 0 aliphatic rings.